The van der Waals surface area contributed by atoms with Crippen LogP contribution in [0.3, 0.4) is 0 Å². The Bertz CT molecular complexity index is 3050. The predicted octanol–water partition coefficient (Wildman–Crippen LogP) is 8.90. The van der Waals surface area contributed by atoms with Gasteiger partial charge in [-0.25, -0.2) is 9.69 Å². The van der Waals surface area contributed by atoms with Crippen LogP contribution in [0.4, 0.5) is 10.5 Å². The number of ether oxygens (including phenoxy) is 2. The average molecular weight is 961 g/mol. The van der Waals surface area contributed by atoms with Gasteiger partial charge in [-0.2, -0.15) is 0 Å². The van der Waals surface area contributed by atoms with Crippen LogP contribution >= 0.6 is 0 Å². The number of imide groups is 1. The number of esters is 1. The van der Waals surface area contributed by atoms with Gasteiger partial charge in [0.15, 0.2) is 0 Å². The van der Waals surface area contributed by atoms with E-state index in [9.17, 15) is 10.2 Å². The van der Waals surface area contributed by atoms with Crippen molar-refractivity contribution in [1.29, 1.82) is 0 Å². The van der Waals surface area contributed by atoms with Crippen molar-refractivity contribution in [2.75, 3.05) is 24.7 Å². The molecule has 3 aliphatic heterocycles. The number of aliphatic hydroxyl groups excluding tert-OH is 2. The van der Waals surface area contributed by atoms with Crippen LogP contribution < -0.4 is 20.3 Å². The molecule has 0 radical (unpaired) electrons. The number of nitrogens with zero attached hydrogens (tertiary/aromatic N) is 2. The van der Waals surface area contributed by atoms with Gasteiger partial charge in [-0.05, 0) is 90.3 Å². The van der Waals surface area contributed by atoms with Gasteiger partial charge in [0.1, 0.15) is 29.9 Å². The second kappa shape index (κ2) is 20.9. The number of para-hydroxylation sites is 1. The summed E-state index contributed by atoms with van der Waals surface area (Å²) in [6.07, 6.45) is 3.89. The smallest absolute Gasteiger partial charge is 0.329 e. The maximum Gasteiger partial charge on any atom is 0.329 e. The van der Waals surface area contributed by atoms with Crippen molar-refractivity contribution in [3.05, 3.63) is 214 Å². The molecule has 3 heterocycles. The Morgan fingerprint density at radius 3 is 2.12 bits per heavy atom. The van der Waals surface area contributed by atoms with Crippen molar-refractivity contribution in [2.45, 2.75) is 74.4 Å². The van der Waals surface area contributed by atoms with Crippen LogP contribution in [0.25, 0.3) is 0 Å². The van der Waals surface area contributed by atoms with E-state index < -0.39 is 71.5 Å². The van der Waals surface area contributed by atoms with Crippen molar-refractivity contribution in [1.82, 2.24) is 15.5 Å². The van der Waals surface area contributed by atoms with Gasteiger partial charge in [0.25, 0.3) is 0 Å². The highest BCUT2D eigenvalue weighted by atomic mass is 16.6. The third-order valence-electron chi connectivity index (χ3n) is 14.5. The van der Waals surface area contributed by atoms with E-state index in [4.69, 9.17) is 9.47 Å². The number of amides is 4. The van der Waals surface area contributed by atoms with Crippen molar-refractivity contribution in [3.63, 3.8) is 0 Å². The van der Waals surface area contributed by atoms with Gasteiger partial charge in [0.05, 0.1) is 42.4 Å². The Labute approximate surface area is 419 Å². The fraction of sp³-hybridized carbons (Fsp3) is 0.267. The maximum absolute atomic E-state index is 16.8. The number of benzene rings is 6. The second-order valence-electron chi connectivity index (χ2n) is 18.7. The van der Waals surface area contributed by atoms with E-state index in [1.165, 1.54) is 0 Å². The molecular weight excluding hydrogens is 905 g/mol. The van der Waals surface area contributed by atoms with Crippen molar-refractivity contribution < 1.29 is 38.9 Å². The lowest BCUT2D eigenvalue weighted by molar-refractivity contribution is -0.178. The van der Waals surface area contributed by atoms with Crippen LogP contribution in [0.2, 0.25) is 0 Å². The Kier molecular flexibility index (Phi) is 13.9. The minimum Gasteiger partial charge on any atom is -0.491 e. The summed E-state index contributed by atoms with van der Waals surface area (Å²) < 4.78 is 13.0. The normalized spacial score (nSPS) is 23.1. The molecule has 72 heavy (non-hydrogen) atoms. The summed E-state index contributed by atoms with van der Waals surface area (Å²) in [5, 5.41) is 27.8. The summed E-state index contributed by atoms with van der Waals surface area (Å²) in [6.45, 7) is 1.13. The zero-order valence-electron chi connectivity index (χ0n) is 39.9. The lowest BCUT2D eigenvalue weighted by Gasteiger charge is -2.46. The molecule has 6 aromatic rings. The number of hydrogen-bond acceptors (Lipinski definition) is 9. The second-order valence-corrected chi connectivity index (χ2v) is 18.7. The number of rotatable bonds is 12. The Hall–Kier alpha value is -7.82. The third-order valence-corrected chi connectivity index (χ3v) is 14.5. The van der Waals surface area contributed by atoms with E-state index in [0.717, 1.165) is 47.3 Å². The third kappa shape index (κ3) is 8.85. The molecule has 4 aliphatic rings. The topological polar surface area (TPSA) is 158 Å². The lowest BCUT2D eigenvalue weighted by Crippen LogP contribution is -2.56. The monoisotopic (exact) mass is 960 g/mol. The molecule has 0 aromatic heterocycles. The molecule has 10 rings (SSSR count). The van der Waals surface area contributed by atoms with Gasteiger partial charge in [-0.15, -0.1) is 0 Å². The van der Waals surface area contributed by atoms with Crippen LogP contribution in [0.5, 0.6) is 5.75 Å². The fourth-order valence-electron chi connectivity index (χ4n) is 11.2. The van der Waals surface area contributed by atoms with Gasteiger partial charge >= 0.3 is 12.0 Å². The van der Waals surface area contributed by atoms with E-state index in [-0.39, 0.29) is 25.4 Å². The number of carbonyl (C=O) groups excluding carboxylic acids is 4. The van der Waals surface area contributed by atoms with E-state index in [1.807, 2.05) is 115 Å². The van der Waals surface area contributed by atoms with Gasteiger partial charge in [-0.3, -0.25) is 19.3 Å². The quantitative estimate of drug-likeness (QED) is 0.0695. The Morgan fingerprint density at radius 1 is 0.792 bits per heavy atom. The van der Waals surface area contributed by atoms with Gasteiger partial charge in [0, 0.05) is 17.7 Å². The van der Waals surface area contributed by atoms with E-state index in [0.29, 0.717) is 33.6 Å². The van der Waals surface area contributed by atoms with Crippen LogP contribution in [-0.2, 0) is 24.5 Å². The lowest BCUT2D eigenvalue weighted by atomic mass is 9.65. The molecule has 2 fully saturated rings. The number of urea groups is 1. The highest BCUT2D eigenvalue weighted by Crippen LogP contribution is 2.66. The molecule has 0 bridgehead atoms. The zero-order chi connectivity index (χ0) is 49.8. The van der Waals surface area contributed by atoms with Crippen molar-refractivity contribution in [2.24, 2.45) is 5.92 Å². The highest BCUT2D eigenvalue weighted by Gasteiger charge is 2.76. The largest absolute Gasteiger partial charge is 0.491 e. The molecular formula is C60H56N4O8. The van der Waals surface area contributed by atoms with Crippen molar-refractivity contribution >= 4 is 29.5 Å². The van der Waals surface area contributed by atoms with Crippen LogP contribution in [0.1, 0.15) is 102 Å². The number of allylic oxidation sites excluding steroid dienone is 2. The molecule has 4 N–H and O–H groups in total. The van der Waals surface area contributed by atoms with E-state index in [1.54, 1.807) is 60.7 Å². The molecule has 0 saturated carbocycles. The summed E-state index contributed by atoms with van der Waals surface area (Å²) in [5.41, 5.74) is 3.14. The molecule has 8 atom stereocenters. The van der Waals surface area contributed by atoms with Gasteiger partial charge in [0.2, 0.25) is 11.8 Å². The van der Waals surface area contributed by atoms with Crippen LogP contribution in [0, 0.1) is 17.8 Å². The number of hydrogen-bond donors (Lipinski definition) is 4. The number of aliphatic hydroxyl groups is 2. The van der Waals surface area contributed by atoms with Crippen molar-refractivity contribution in [3.8, 4) is 17.6 Å². The average Bonchev–Trinajstić information content (AvgIpc) is 3.88. The standard InChI is InChI=1S/C60H56N4O8/c1-39(42-21-9-3-10-22-42)62-59(70)63-48-34-33-41(32-31-40-19-7-2-8-20-40)37-47(48)60(58(63)69)51(56(67)61-38-49(66)43-23-11-4-12-24-43)53-57(68)72-54(45-27-15-6-16-28-45)52(44-25-13-5-14-26-44)64(53)55(60)46-29-17-18-30-50(46)71-36-35-65/h3-6,9-19,21-30,33-34,37,39,49,51-55,65-66H,2,7-8,20,35-36,38H2,1H3,(H,61,67)(H,62,70)/t39-,49+,51+,52+,53+,54-,55-,60+/m1/s1. The van der Waals surface area contributed by atoms with Gasteiger partial charge < -0.3 is 30.3 Å². The van der Waals surface area contributed by atoms with E-state index >= 15 is 19.2 Å². The van der Waals surface area contributed by atoms with Gasteiger partial charge in [-0.1, -0.05) is 157 Å². The zero-order valence-corrected chi connectivity index (χ0v) is 39.9. The van der Waals surface area contributed by atoms with Crippen LogP contribution in [-0.4, -0.2) is 64.7 Å². The Morgan fingerprint density at radius 2 is 1.44 bits per heavy atom. The number of morpholine rings is 1. The fourth-order valence-corrected chi connectivity index (χ4v) is 11.2. The number of anilines is 1. The first-order valence-electron chi connectivity index (χ1n) is 24.7. The molecule has 12 heteroatoms. The first kappa shape index (κ1) is 47.8. The summed E-state index contributed by atoms with van der Waals surface area (Å²) in [4.78, 5) is 66.6. The number of nitrogens with one attached hydrogen (secondary N) is 2. The SMILES string of the molecule is C[C@@H](NC(=O)N1C(=O)[C@@]2(c3cc(C#CC4=CCCCC4)ccc31)[C@H](C(=O)NC[C@H](O)c1ccccc1)[C@H]1C(=O)O[C@H](c3ccccc3)[C@H](c3ccccc3)N1[C@@H]2c1ccccc1OCCO)c1ccccc1. The van der Waals surface area contributed by atoms with Crippen LogP contribution in [0.15, 0.2) is 175 Å². The molecule has 4 amide bonds. The minimum atomic E-state index is -2.10. The minimum absolute atomic E-state index is 0.107. The molecule has 364 valence electrons. The number of carbonyl (C=O) groups is 4. The van der Waals surface area contributed by atoms with E-state index in [2.05, 4.69) is 28.6 Å². The summed E-state index contributed by atoms with van der Waals surface area (Å²) in [7, 11) is 0. The maximum atomic E-state index is 16.8. The first-order chi connectivity index (χ1) is 35.2. The number of cyclic esters (lactones) is 1. The molecule has 0 unspecified atom stereocenters. The molecule has 1 spiro atoms. The number of fused-ring (bicyclic) bond motifs is 3. The summed E-state index contributed by atoms with van der Waals surface area (Å²) in [5.74, 6) is 3.17. The molecule has 6 aromatic carbocycles. The summed E-state index contributed by atoms with van der Waals surface area (Å²) >= 11 is 0. The Balaban J connectivity index is 1.25. The molecule has 2 saturated heterocycles. The summed E-state index contributed by atoms with van der Waals surface area (Å²) in [6, 6.07) is 44.7. The molecule has 12 nitrogen and oxygen atoms in total. The first-order valence-corrected chi connectivity index (χ1v) is 24.7. The molecule has 1 aliphatic carbocycles. The predicted molar refractivity (Wildman–Crippen MR) is 272 cm³/mol. The highest BCUT2D eigenvalue weighted by molar-refractivity contribution is 6.24.